The van der Waals surface area contributed by atoms with E-state index in [2.05, 4.69) is 31.9 Å². The molecule has 5 heteroatoms. The summed E-state index contributed by atoms with van der Waals surface area (Å²) in [5, 5.41) is 0.682. The maximum atomic E-state index is 12.3. The normalized spacial score (nSPS) is 29.7. The SMILES string of the molecule is C[C@@H]1O[C@]1(C)C(=O)[C@H](Br)[C@@H](Br)c1ccc(Cl)cc1. The van der Waals surface area contributed by atoms with Crippen LogP contribution in [0.4, 0.5) is 0 Å². The smallest absolute Gasteiger partial charge is 0.182 e. The monoisotopic (exact) mass is 394 g/mol. The van der Waals surface area contributed by atoms with Crippen LogP contribution in [0.25, 0.3) is 0 Å². The Bertz CT molecular complexity index is 463. The molecule has 0 aliphatic carbocycles. The fourth-order valence-electron chi connectivity index (χ4n) is 1.81. The standard InChI is InChI=1S/C13H13Br2ClO2/c1-7-13(2,18-7)12(17)11(15)10(14)8-3-5-9(16)6-4-8/h3-7,10-11H,1-2H3/t7-,10-,11+,13-/m0/s1. The Morgan fingerprint density at radius 1 is 1.39 bits per heavy atom. The van der Waals surface area contributed by atoms with E-state index in [1.165, 1.54) is 0 Å². The van der Waals surface area contributed by atoms with E-state index >= 15 is 0 Å². The Balaban J connectivity index is 2.11. The van der Waals surface area contributed by atoms with E-state index in [0.717, 1.165) is 5.56 Å². The van der Waals surface area contributed by atoms with Crippen LogP contribution < -0.4 is 0 Å². The molecule has 1 aromatic carbocycles. The molecule has 1 aliphatic heterocycles. The highest BCUT2D eigenvalue weighted by Crippen LogP contribution is 2.42. The van der Waals surface area contributed by atoms with Gasteiger partial charge in [-0.05, 0) is 31.5 Å². The average molecular weight is 397 g/mol. The highest BCUT2D eigenvalue weighted by Gasteiger charge is 2.57. The molecule has 4 atom stereocenters. The van der Waals surface area contributed by atoms with Crippen molar-refractivity contribution in [2.75, 3.05) is 0 Å². The maximum absolute atomic E-state index is 12.3. The summed E-state index contributed by atoms with van der Waals surface area (Å²) in [6.07, 6.45) is -0.00466. The van der Waals surface area contributed by atoms with Crippen LogP contribution in [0.1, 0.15) is 24.2 Å². The molecule has 1 saturated heterocycles. The third-order valence-corrected chi connectivity index (χ3v) is 6.29. The number of halogens is 3. The van der Waals surface area contributed by atoms with Gasteiger partial charge in [0.05, 0.1) is 15.8 Å². The molecular weight excluding hydrogens is 383 g/mol. The molecule has 0 unspecified atom stereocenters. The van der Waals surface area contributed by atoms with Crippen LogP contribution in [0.5, 0.6) is 0 Å². The molecule has 1 fully saturated rings. The second-order valence-corrected chi connectivity index (χ2v) is 7.00. The highest BCUT2D eigenvalue weighted by atomic mass is 79.9. The highest BCUT2D eigenvalue weighted by molar-refractivity contribution is 9.12. The lowest BCUT2D eigenvalue weighted by Crippen LogP contribution is -2.33. The Labute approximate surface area is 128 Å². The number of alkyl halides is 2. The van der Waals surface area contributed by atoms with Crippen molar-refractivity contribution in [3.8, 4) is 0 Å². The topological polar surface area (TPSA) is 29.6 Å². The number of Topliss-reactive ketones (excluding diaryl/α,β-unsaturated/α-hetero) is 1. The maximum Gasteiger partial charge on any atom is 0.182 e. The third-order valence-electron chi connectivity index (χ3n) is 3.33. The molecule has 18 heavy (non-hydrogen) atoms. The summed E-state index contributed by atoms with van der Waals surface area (Å²) in [6.45, 7) is 3.74. The van der Waals surface area contributed by atoms with Crippen molar-refractivity contribution in [2.24, 2.45) is 0 Å². The van der Waals surface area contributed by atoms with Crippen molar-refractivity contribution in [3.05, 3.63) is 34.9 Å². The number of epoxide rings is 1. The Kier molecular flexibility index (Phi) is 4.22. The molecule has 1 heterocycles. The first-order chi connectivity index (χ1) is 8.36. The molecule has 98 valence electrons. The molecule has 0 saturated carbocycles. The summed E-state index contributed by atoms with van der Waals surface area (Å²) in [4.78, 5) is 11.9. The van der Waals surface area contributed by atoms with Gasteiger partial charge in [-0.2, -0.15) is 0 Å². The molecule has 0 N–H and O–H groups in total. The largest absolute Gasteiger partial charge is 0.358 e. The predicted octanol–water partition coefficient (Wildman–Crippen LogP) is 4.29. The van der Waals surface area contributed by atoms with Gasteiger partial charge in [0.15, 0.2) is 11.4 Å². The van der Waals surface area contributed by atoms with Gasteiger partial charge in [0.1, 0.15) is 0 Å². The lowest BCUT2D eigenvalue weighted by atomic mass is 9.97. The second kappa shape index (κ2) is 5.23. The zero-order valence-electron chi connectivity index (χ0n) is 9.99. The number of hydrogen-bond acceptors (Lipinski definition) is 2. The van der Waals surface area contributed by atoms with Gasteiger partial charge >= 0.3 is 0 Å². The number of rotatable bonds is 4. The molecule has 0 radical (unpaired) electrons. The molecule has 1 aromatic rings. The molecule has 2 rings (SSSR count). The molecule has 2 nitrogen and oxygen atoms in total. The molecule has 0 aromatic heterocycles. The number of ether oxygens (including phenoxy) is 1. The Hall–Kier alpha value is 0.1000. The number of ketones is 1. The molecule has 0 amide bonds. The summed E-state index contributed by atoms with van der Waals surface area (Å²) in [5.41, 5.74) is 0.360. The van der Waals surface area contributed by atoms with E-state index in [9.17, 15) is 4.79 Å². The summed E-state index contributed by atoms with van der Waals surface area (Å²) >= 11 is 12.9. The fraction of sp³-hybridized carbons (Fsp3) is 0.462. The first kappa shape index (κ1) is 14.5. The zero-order chi connectivity index (χ0) is 13.5. The van der Waals surface area contributed by atoms with E-state index in [0.29, 0.717) is 5.02 Å². The fourth-order valence-corrected chi connectivity index (χ4v) is 3.24. The van der Waals surface area contributed by atoms with Gasteiger partial charge in [-0.15, -0.1) is 0 Å². The van der Waals surface area contributed by atoms with Gasteiger partial charge < -0.3 is 4.74 Å². The first-order valence-electron chi connectivity index (χ1n) is 5.62. The van der Waals surface area contributed by atoms with Gasteiger partial charge in [0.25, 0.3) is 0 Å². The quantitative estimate of drug-likeness (QED) is 0.561. The van der Waals surface area contributed by atoms with Gasteiger partial charge in [0.2, 0.25) is 0 Å². The van der Waals surface area contributed by atoms with Gasteiger partial charge in [-0.1, -0.05) is 55.6 Å². The van der Waals surface area contributed by atoms with Crippen LogP contribution in [0, 0.1) is 0 Å². The Morgan fingerprint density at radius 2 is 1.89 bits per heavy atom. The first-order valence-corrected chi connectivity index (χ1v) is 7.83. The molecular formula is C13H13Br2ClO2. The van der Waals surface area contributed by atoms with Crippen LogP contribution in [-0.4, -0.2) is 22.3 Å². The summed E-state index contributed by atoms with van der Waals surface area (Å²) in [6, 6.07) is 7.44. The van der Waals surface area contributed by atoms with Gasteiger partial charge in [0, 0.05) is 5.02 Å². The molecule has 1 aliphatic rings. The number of hydrogen-bond donors (Lipinski definition) is 0. The van der Waals surface area contributed by atoms with E-state index in [1.54, 1.807) is 0 Å². The summed E-state index contributed by atoms with van der Waals surface area (Å²) < 4.78 is 5.37. The van der Waals surface area contributed by atoms with Crippen molar-refractivity contribution >= 4 is 49.2 Å². The van der Waals surface area contributed by atoms with Crippen molar-refractivity contribution in [3.63, 3.8) is 0 Å². The minimum absolute atomic E-state index is 0.00466. The van der Waals surface area contributed by atoms with Crippen LogP contribution >= 0.6 is 43.5 Å². The van der Waals surface area contributed by atoms with Gasteiger partial charge in [-0.25, -0.2) is 0 Å². The van der Waals surface area contributed by atoms with Crippen LogP contribution in [0.15, 0.2) is 24.3 Å². The van der Waals surface area contributed by atoms with Crippen LogP contribution in [-0.2, 0) is 9.53 Å². The number of carbonyl (C=O) groups excluding carboxylic acids is 1. The van der Waals surface area contributed by atoms with E-state index < -0.39 is 5.60 Å². The predicted molar refractivity (Wildman–Crippen MR) is 79.8 cm³/mol. The third kappa shape index (κ3) is 2.67. The second-order valence-electron chi connectivity index (χ2n) is 4.59. The van der Waals surface area contributed by atoms with Crippen LogP contribution in [0.3, 0.4) is 0 Å². The molecule has 0 bridgehead atoms. The van der Waals surface area contributed by atoms with E-state index in [-0.39, 0.29) is 21.5 Å². The Morgan fingerprint density at radius 3 is 2.33 bits per heavy atom. The van der Waals surface area contributed by atoms with Crippen molar-refractivity contribution in [2.45, 2.75) is 35.2 Å². The van der Waals surface area contributed by atoms with Crippen molar-refractivity contribution in [1.29, 1.82) is 0 Å². The lowest BCUT2D eigenvalue weighted by molar-refractivity contribution is -0.122. The zero-order valence-corrected chi connectivity index (χ0v) is 13.9. The molecule has 0 spiro atoms. The minimum atomic E-state index is -0.646. The van der Waals surface area contributed by atoms with Crippen molar-refractivity contribution in [1.82, 2.24) is 0 Å². The van der Waals surface area contributed by atoms with E-state index in [4.69, 9.17) is 16.3 Å². The number of benzene rings is 1. The van der Waals surface area contributed by atoms with Crippen molar-refractivity contribution < 1.29 is 9.53 Å². The van der Waals surface area contributed by atoms with E-state index in [1.807, 2.05) is 38.1 Å². The average Bonchev–Trinajstić information content (AvgIpc) is 2.97. The lowest BCUT2D eigenvalue weighted by Gasteiger charge is -2.18. The number of carbonyl (C=O) groups is 1. The summed E-state index contributed by atoms with van der Waals surface area (Å²) in [7, 11) is 0. The minimum Gasteiger partial charge on any atom is -0.358 e. The van der Waals surface area contributed by atoms with Crippen LogP contribution in [0.2, 0.25) is 5.02 Å². The summed E-state index contributed by atoms with van der Waals surface area (Å²) in [5.74, 6) is 0.0619. The van der Waals surface area contributed by atoms with Gasteiger partial charge in [-0.3, -0.25) is 4.79 Å².